The molecule has 11 heteroatoms. The predicted molar refractivity (Wildman–Crippen MR) is 118 cm³/mol. The van der Waals surface area contributed by atoms with Gasteiger partial charge in [-0.1, -0.05) is 0 Å². The molecule has 0 N–H and O–H groups in total. The summed E-state index contributed by atoms with van der Waals surface area (Å²) in [5, 5.41) is 8.64. The Labute approximate surface area is 190 Å². The van der Waals surface area contributed by atoms with E-state index in [9.17, 15) is 12.8 Å². The van der Waals surface area contributed by atoms with Crippen LogP contribution in [0.1, 0.15) is 0 Å². The van der Waals surface area contributed by atoms with Crippen molar-refractivity contribution in [3.05, 3.63) is 54.3 Å². The summed E-state index contributed by atoms with van der Waals surface area (Å²) >= 11 is 0. The summed E-state index contributed by atoms with van der Waals surface area (Å²) in [7, 11) is -2.54. The number of piperazine rings is 1. The Kier molecular flexibility index (Phi) is 5.51. The van der Waals surface area contributed by atoms with E-state index in [-0.39, 0.29) is 30.5 Å². The minimum absolute atomic E-state index is 0.115. The van der Waals surface area contributed by atoms with Crippen LogP contribution in [-0.4, -0.2) is 63.0 Å². The van der Waals surface area contributed by atoms with Gasteiger partial charge in [-0.15, -0.1) is 10.2 Å². The highest BCUT2D eigenvalue weighted by atomic mass is 32.2. The van der Waals surface area contributed by atoms with Gasteiger partial charge in [0.25, 0.3) is 0 Å². The van der Waals surface area contributed by atoms with Crippen LogP contribution >= 0.6 is 0 Å². The van der Waals surface area contributed by atoms with Crippen LogP contribution in [0.4, 0.5) is 10.2 Å². The van der Waals surface area contributed by atoms with Crippen molar-refractivity contribution in [1.82, 2.24) is 14.5 Å². The van der Waals surface area contributed by atoms with Gasteiger partial charge in [-0.25, -0.2) is 12.8 Å². The Hall–Kier alpha value is -3.44. The molecule has 0 saturated carbocycles. The fourth-order valence-corrected chi connectivity index (χ4v) is 5.44. The van der Waals surface area contributed by atoms with E-state index in [0.717, 1.165) is 11.6 Å². The maximum atomic E-state index is 13.7. The number of methoxy groups -OCH3 is 1. The number of hydrogen-bond donors (Lipinski definition) is 0. The largest absolute Gasteiger partial charge is 0.495 e. The zero-order valence-electron chi connectivity index (χ0n) is 17.8. The first-order valence-corrected chi connectivity index (χ1v) is 11.7. The molecule has 1 fully saturated rings. The Morgan fingerprint density at radius 3 is 2.45 bits per heavy atom. The molecule has 1 saturated heterocycles. The quantitative estimate of drug-likeness (QED) is 0.559. The van der Waals surface area contributed by atoms with Crippen molar-refractivity contribution in [2.75, 3.05) is 45.0 Å². The Morgan fingerprint density at radius 2 is 1.73 bits per heavy atom. The molecule has 5 rings (SSSR count). The normalized spacial score (nSPS) is 16.1. The van der Waals surface area contributed by atoms with Crippen molar-refractivity contribution in [3.8, 4) is 28.5 Å². The number of anilines is 1. The maximum absolute atomic E-state index is 13.7. The molecule has 0 bridgehead atoms. The molecule has 0 radical (unpaired) electrons. The van der Waals surface area contributed by atoms with Gasteiger partial charge in [0, 0.05) is 31.7 Å². The summed E-state index contributed by atoms with van der Waals surface area (Å²) in [6.45, 7) is 1.52. The van der Waals surface area contributed by atoms with Gasteiger partial charge < -0.3 is 19.1 Å². The van der Waals surface area contributed by atoms with Crippen molar-refractivity contribution in [1.29, 1.82) is 0 Å². The van der Waals surface area contributed by atoms with Crippen molar-refractivity contribution in [2.24, 2.45) is 0 Å². The van der Waals surface area contributed by atoms with Gasteiger partial charge in [-0.05, 0) is 48.5 Å². The summed E-state index contributed by atoms with van der Waals surface area (Å²) in [5.41, 5.74) is 1.55. The highest BCUT2D eigenvalue weighted by Gasteiger charge is 2.31. The third-order valence-electron chi connectivity index (χ3n) is 5.62. The second kappa shape index (κ2) is 8.49. The monoisotopic (exact) mass is 472 g/mol. The van der Waals surface area contributed by atoms with Crippen LogP contribution in [0.2, 0.25) is 0 Å². The van der Waals surface area contributed by atoms with Crippen LogP contribution in [0.3, 0.4) is 0 Å². The van der Waals surface area contributed by atoms with E-state index in [0.29, 0.717) is 36.1 Å². The van der Waals surface area contributed by atoms with Gasteiger partial charge in [0.15, 0.2) is 17.3 Å². The summed E-state index contributed by atoms with van der Waals surface area (Å²) in [6.07, 6.45) is 0. The Morgan fingerprint density at radius 1 is 0.939 bits per heavy atom. The first kappa shape index (κ1) is 21.4. The lowest BCUT2D eigenvalue weighted by Crippen LogP contribution is -2.49. The molecule has 0 atom stereocenters. The molecule has 0 spiro atoms. The summed E-state index contributed by atoms with van der Waals surface area (Å²) in [4.78, 5) is 1.79. The lowest BCUT2D eigenvalue weighted by Gasteiger charge is -2.34. The first-order chi connectivity index (χ1) is 16.0. The molecular weight excluding hydrogens is 451 g/mol. The summed E-state index contributed by atoms with van der Waals surface area (Å²) in [5.74, 6) is 1.51. The molecule has 3 aromatic rings. The minimum Gasteiger partial charge on any atom is -0.495 e. The average molecular weight is 472 g/mol. The smallest absolute Gasteiger partial charge is 0.246 e. The number of rotatable bonds is 5. The highest BCUT2D eigenvalue weighted by molar-refractivity contribution is 7.89. The third-order valence-corrected chi connectivity index (χ3v) is 7.54. The zero-order chi connectivity index (χ0) is 23.0. The van der Waals surface area contributed by atoms with Gasteiger partial charge in [0.2, 0.25) is 16.8 Å². The van der Waals surface area contributed by atoms with Crippen LogP contribution < -0.4 is 19.1 Å². The number of sulfonamides is 1. The van der Waals surface area contributed by atoms with E-state index in [2.05, 4.69) is 10.2 Å². The molecular formula is C22H21FN4O5S. The van der Waals surface area contributed by atoms with E-state index in [1.54, 1.807) is 0 Å². The SMILES string of the molecule is COc1ccc(F)cc1S(=O)(=O)N1CCN(c2ccc(-c3ccc4c(c3)OCO4)nn2)CC1. The number of ether oxygens (including phenoxy) is 3. The second-order valence-corrected chi connectivity index (χ2v) is 9.44. The molecule has 0 unspecified atom stereocenters. The van der Waals surface area contributed by atoms with Crippen LogP contribution in [0.25, 0.3) is 11.3 Å². The van der Waals surface area contributed by atoms with E-state index < -0.39 is 15.8 Å². The number of benzene rings is 2. The fraction of sp³-hybridized carbons (Fsp3) is 0.273. The number of aromatic nitrogens is 2. The molecule has 0 amide bonds. The molecule has 0 aliphatic carbocycles. The van der Waals surface area contributed by atoms with Crippen LogP contribution in [0.15, 0.2) is 53.4 Å². The van der Waals surface area contributed by atoms with Crippen molar-refractivity contribution in [2.45, 2.75) is 4.90 Å². The average Bonchev–Trinajstić information content (AvgIpc) is 3.32. The van der Waals surface area contributed by atoms with Crippen LogP contribution in [-0.2, 0) is 10.0 Å². The van der Waals surface area contributed by atoms with Gasteiger partial charge in [-0.3, -0.25) is 0 Å². The van der Waals surface area contributed by atoms with Crippen molar-refractivity contribution < 1.29 is 27.0 Å². The second-order valence-electron chi connectivity index (χ2n) is 7.53. The number of nitrogens with zero attached hydrogens (tertiary/aromatic N) is 4. The lowest BCUT2D eigenvalue weighted by molar-refractivity contribution is 0.174. The van der Waals surface area contributed by atoms with E-state index in [4.69, 9.17) is 14.2 Å². The lowest BCUT2D eigenvalue weighted by atomic mass is 10.1. The standard InChI is InChI=1S/C22H21FN4O5S/c1-30-19-6-3-16(23)13-21(19)33(28,29)27-10-8-26(9-11-27)22-7-4-17(24-25-22)15-2-5-18-20(12-15)32-14-31-18/h2-7,12-13H,8-11,14H2,1H3. The number of halogens is 1. The zero-order valence-corrected chi connectivity index (χ0v) is 18.6. The molecule has 3 heterocycles. The molecule has 2 aliphatic heterocycles. The van der Waals surface area contributed by atoms with Crippen molar-refractivity contribution in [3.63, 3.8) is 0 Å². The summed E-state index contributed by atoms with van der Waals surface area (Å²) < 4.78 is 57.0. The van der Waals surface area contributed by atoms with Gasteiger partial charge in [0.1, 0.15) is 16.5 Å². The molecule has 9 nitrogen and oxygen atoms in total. The van der Waals surface area contributed by atoms with Gasteiger partial charge >= 0.3 is 0 Å². The van der Waals surface area contributed by atoms with Crippen LogP contribution in [0, 0.1) is 5.82 Å². The van der Waals surface area contributed by atoms with E-state index >= 15 is 0 Å². The molecule has 172 valence electrons. The van der Waals surface area contributed by atoms with Crippen LogP contribution in [0.5, 0.6) is 17.2 Å². The molecule has 1 aromatic heterocycles. The van der Waals surface area contributed by atoms with Gasteiger partial charge in [0.05, 0.1) is 12.8 Å². The third kappa shape index (κ3) is 4.05. The predicted octanol–water partition coefficient (Wildman–Crippen LogP) is 2.53. The summed E-state index contributed by atoms with van der Waals surface area (Å²) in [6, 6.07) is 12.8. The minimum atomic E-state index is -3.90. The molecule has 2 aliphatic rings. The molecule has 2 aromatic carbocycles. The fourth-order valence-electron chi connectivity index (χ4n) is 3.85. The molecule has 33 heavy (non-hydrogen) atoms. The first-order valence-electron chi connectivity index (χ1n) is 10.3. The van der Waals surface area contributed by atoms with E-state index in [1.807, 2.05) is 35.2 Å². The number of fused-ring (bicyclic) bond motifs is 1. The van der Waals surface area contributed by atoms with Gasteiger partial charge in [-0.2, -0.15) is 4.31 Å². The van der Waals surface area contributed by atoms with E-state index in [1.165, 1.54) is 23.5 Å². The Balaban J connectivity index is 1.28. The Bertz CT molecular complexity index is 1280. The maximum Gasteiger partial charge on any atom is 0.246 e. The topological polar surface area (TPSA) is 94.1 Å². The van der Waals surface area contributed by atoms with Crippen molar-refractivity contribution >= 4 is 15.8 Å². The number of hydrogen-bond acceptors (Lipinski definition) is 8. The highest BCUT2D eigenvalue weighted by Crippen LogP contribution is 2.35.